The second kappa shape index (κ2) is 6.69. The van der Waals surface area contributed by atoms with Crippen molar-refractivity contribution in [2.45, 2.75) is 33.2 Å². The first-order valence-corrected chi connectivity index (χ1v) is 5.54. The van der Waals surface area contributed by atoms with E-state index in [1.807, 2.05) is 6.08 Å². The fraction of sp³-hybridized carbons (Fsp3) is 0.800. The van der Waals surface area contributed by atoms with E-state index in [1.54, 1.807) is 0 Å². The Hall–Kier alpha value is 0.280. The SMILES string of the molecule is CC(C)(C)C(CCCl)NC/C=C/Cl. The number of hydrogen-bond donors (Lipinski definition) is 1. The fourth-order valence-corrected chi connectivity index (χ4v) is 1.51. The Bertz CT molecular complexity index is 149. The van der Waals surface area contributed by atoms with E-state index in [0.29, 0.717) is 11.9 Å². The third kappa shape index (κ3) is 6.36. The summed E-state index contributed by atoms with van der Waals surface area (Å²) in [4.78, 5) is 0. The molecule has 0 bridgehead atoms. The normalized spacial score (nSPS) is 15.2. The first kappa shape index (κ1) is 13.3. The van der Waals surface area contributed by atoms with Crippen molar-refractivity contribution in [2.24, 2.45) is 5.41 Å². The molecule has 0 radical (unpaired) electrons. The van der Waals surface area contributed by atoms with Gasteiger partial charge in [-0.25, -0.2) is 0 Å². The summed E-state index contributed by atoms with van der Waals surface area (Å²) in [6.07, 6.45) is 2.88. The van der Waals surface area contributed by atoms with Gasteiger partial charge in [-0.3, -0.25) is 0 Å². The van der Waals surface area contributed by atoms with Gasteiger partial charge in [0.05, 0.1) is 0 Å². The molecular weight excluding hydrogens is 205 g/mol. The minimum Gasteiger partial charge on any atom is -0.310 e. The number of rotatable bonds is 5. The average molecular weight is 224 g/mol. The molecule has 0 amide bonds. The molecule has 0 aliphatic carbocycles. The lowest BCUT2D eigenvalue weighted by molar-refractivity contribution is 0.269. The molecule has 78 valence electrons. The summed E-state index contributed by atoms with van der Waals surface area (Å²) in [5, 5.41) is 3.41. The van der Waals surface area contributed by atoms with Gasteiger partial charge in [0.25, 0.3) is 0 Å². The Balaban J connectivity index is 3.95. The van der Waals surface area contributed by atoms with Gasteiger partial charge in [0.2, 0.25) is 0 Å². The van der Waals surface area contributed by atoms with Crippen LogP contribution in [0.3, 0.4) is 0 Å². The van der Waals surface area contributed by atoms with Gasteiger partial charge >= 0.3 is 0 Å². The maximum absolute atomic E-state index is 5.73. The summed E-state index contributed by atoms with van der Waals surface area (Å²) in [5.41, 5.74) is 1.78. The van der Waals surface area contributed by atoms with E-state index in [-0.39, 0.29) is 5.41 Å². The molecule has 0 aliphatic heterocycles. The summed E-state index contributed by atoms with van der Waals surface area (Å²) in [6, 6.07) is 0.442. The highest BCUT2D eigenvalue weighted by molar-refractivity contribution is 6.25. The zero-order valence-electron chi connectivity index (χ0n) is 8.61. The lowest BCUT2D eigenvalue weighted by Gasteiger charge is -2.30. The predicted molar refractivity (Wildman–Crippen MR) is 61.6 cm³/mol. The van der Waals surface area contributed by atoms with Gasteiger partial charge < -0.3 is 5.32 Å². The monoisotopic (exact) mass is 223 g/mol. The van der Waals surface area contributed by atoms with E-state index in [9.17, 15) is 0 Å². The largest absolute Gasteiger partial charge is 0.310 e. The highest BCUT2D eigenvalue weighted by atomic mass is 35.5. The molecule has 0 saturated heterocycles. The van der Waals surface area contributed by atoms with Crippen LogP contribution in [0.25, 0.3) is 0 Å². The van der Waals surface area contributed by atoms with Gasteiger partial charge in [-0.2, -0.15) is 0 Å². The van der Waals surface area contributed by atoms with E-state index in [4.69, 9.17) is 23.2 Å². The summed E-state index contributed by atoms with van der Waals surface area (Å²) in [7, 11) is 0. The Kier molecular flexibility index (Phi) is 6.84. The molecule has 1 atom stereocenters. The van der Waals surface area contributed by atoms with Crippen molar-refractivity contribution in [3.8, 4) is 0 Å². The third-order valence-electron chi connectivity index (χ3n) is 2.01. The summed E-state index contributed by atoms with van der Waals surface area (Å²) in [6.45, 7) is 7.44. The molecule has 0 spiro atoms. The minimum atomic E-state index is 0.245. The van der Waals surface area contributed by atoms with E-state index in [1.165, 1.54) is 5.54 Å². The van der Waals surface area contributed by atoms with Gasteiger partial charge in [0.15, 0.2) is 0 Å². The van der Waals surface area contributed by atoms with Crippen LogP contribution >= 0.6 is 23.2 Å². The topological polar surface area (TPSA) is 12.0 Å². The standard InChI is InChI=1S/C10H19Cl2N/c1-10(2,3)9(5-7-12)13-8-4-6-11/h4,6,9,13H,5,7-8H2,1-3H3/b6-4+. The van der Waals surface area contributed by atoms with Crippen LogP contribution in [0.15, 0.2) is 11.6 Å². The van der Waals surface area contributed by atoms with E-state index in [2.05, 4.69) is 26.1 Å². The first-order chi connectivity index (χ1) is 6.02. The summed E-state index contributed by atoms with van der Waals surface area (Å²) >= 11 is 11.2. The summed E-state index contributed by atoms with van der Waals surface area (Å²) in [5.74, 6) is 0.694. The summed E-state index contributed by atoms with van der Waals surface area (Å²) < 4.78 is 0. The Morgan fingerprint density at radius 3 is 2.38 bits per heavy atom. The molecule has 1 nitrogen and oxygen atoms in total. The van der Waals surface area contributed by atoms with E-state index in [0.717, 1.165) is 13.0 Å². The van der Waals surface area contributed by atoms with Crippen molar-refractivity contribution in [2.75, 3.05) is 12.4 Å². The maximum Gasteiger partial charge on any atom is 0.0238 e. The molecule has 0 fully saturated rings. The quantitative estimate of drug-likeness (QED) is 0.706. The van der Waals surface area contributed by atoms with Crippen LogP contribution in [-0.2, 0) is 0 Å². The molecule has 0 aromatic heterocycles. The van der Waals surface area contributed by atoms with Crippen LogP contribution in [0.1, 0.15) is 27.2 Å². The molecule has 0 saturated carbocycles. The lowest BCUT2D eigenvalue weighted by Crippen LogP contribution is -2.40. The predicted octanol–water partition coefficient (Wildman–Crippen LogP) is 3.37. The van der Waals surface area contributed by atoms with Crippen LogP contribution in [0.2, 0.25) is 0 Å². The maximum atomic E-state index is 5.73. The minimum absolute atomic E-state index is 0.245. The molecular formula is C10H19Cl2N. The molecule has 0 aliphatic rings. The van der Waals surface area contributed by atoms with E-state index < -0.39 is 0 Å². The fourth-order valence-electron chi connectivity index (χ4n) is 1.21. The number of nitrogens with one attached hydrogen (secondary N) is 1. The van der Waals surface area contributed by atoms with Crippen LogP contribution in [-0.4, -0.2) is 18.5 Å². The van der Waals surface area contributed by atoms with Gasteiger partial charge in [-0.15, -0.1) is 11.6 Å². The van der Waals surface area contributed by atoms with Crippen molar-refractivity contribution in [1.82, 2.24) is 5.32 Å². The van der Waals surface area contributed by atoms with Crippen molar-refractivity contribution < 1.29 is 0 Å². The lowest BCUT2D eigenvalue weighted by atomic mass is 9.85. The highest BCUT2D eigenvalue weighted by Gasteiger charge is 2.22. The molecule has 13 heavy (non-hydrogen) atoms. The smallest absolute Gasteiger partial charge is 0.0238 e. The number of alkyl halides is 1. The van der Waals surface area contributed by atoms with E-state index >= 15 is 0 Å². The molecule has 0 aromatic carbocycles. The van der Waals surface area contributed by atoms with Crippen molar-refractivity contribution >= 4 is 23.2 Å². The molecule has 0 heterocycles. The Labute approximate surface area is 91.5 Å². The third-order valence-corrected chi connectivity index (χ3v) is 2.41. The number of halogens is 2. The second-order valence-electron chi connectivity index (χ2n) is 4.17. The molecule has 1 N–H and O–H groups in total. The van der Waals surface area contributed by atoms with Gasteiger partial charge in [-0.05, 0) is 11.8 Å². The van der Waals surface area contributed by atoms with Crippen molar-refractivity contribution in [3.63, 3.8) is 0 Å². The highest BCUT2D eigenvalue weighted by Crippen LogP contribution is 2.21. The van der Waals surface area contributed by atoms with Gasteiger partial charge in [-0.1, -0.05) is 38.4 Å². The zero-order valence-corrected chi connectivity index (χ0v) is 10.1. The number of hydrogen-bond acceptors (Lipinski definition) is 1. The van der Waals surface area contributed by atoms with Gasteiger partial charge in [0.1, 0.15) is 0 Å². The van der Waals surface area contributed by atoms with Crippen LogP contribution in [0.5, 0.6) is 0 Å². The van der Waals surface area contributed by atoms with Crippen LogP contribution in [0.4, 0.5) is 0 Å². The Morgan fingerprint density at radius 2 is 2.00 bits per heavy atom. The van der Waals surface area contributed by atoms with Gasteiger partial charge in [0, 0.05) is 24.0 Å². The van der Waals surface area contributed by atoms with Crippen molar-refractivity contribution in [1.29, 1.82) is 0 Å². The molecule has 0 rings (SSSR count). The van der Waals surface area contributed by atoms with Crippen LogP contribution < -0.4 is 5.32 Å². The average Bonchev–Trinajstić information content (AvgIpc) is 2.01. The van der Waals surface area contributed by atoms with Crippen molar-refractivity contribution in [3.05, 3.63) is 11.6 Å². The zero-order chi connectivity index (χ0) is 10.3. The second-order valence-corrected chi connectivity index (χ2v) is 4.80. The molecule has 0 aromatic rings. The van der Waals surface area contributed by atoms with Crippen LogP contribution in [0, 0.1) is 5.41 Å². The first-order valence-electron chi connectivity index (χ1n) is 4.57. The molecule has 1 unspecified atom stereocenters. The molecule has 3 heteroatoms. The Morgan fingerprint density at radius 1 is 1.38 bits per heavy atom.